The Morgan fingerprint density at radius 3 is 3.14 bits per heavy atom. The molecule has 2 nitrogen and oxygen atoms in total. The molecule has 4 heteroatoms. The summed E-state index contributed by atoms with van der Waals surface area (Å²) < 4.78 is 12.5. The first-order valence-corrected chi connectivity index (χ1v) is 9.13. The van der Waals surface area contributed by atoms with Crippen LogP contribution in [0.4, 0.5) is 0 Å². The lowest BCUT2D eigenvalue weighted by molar-refractivity contribution is -0.129. The Balaban J connectivity index is 1.61. The molecule has 4 atom stereocenters. The summed E-state index contributed by atoms with van der Waals surface area (Å²) >= 11 is 1.05. The fourth-order valence-corrected chi connectivity index (χ4v) is 5.65. The Morgan fingerprint density at radius 1 is 1.36 bits per heavy atom. The van der Waals surface area contributed by atoms with Gasteiger partial charge in [-0.25, -0.2) is 0 Å². The third-order valence-corrected chi connectivity index (χ3v) is 6.84. The van der Waals surface area contributed by atoms with Gasteiger partial charge in [-0.05, 0) is 86.3 Å². The molecule has 1 radical (unpaired) electrons. The maximum absolute atomic E-state index is 12.4. The van der Waals surface area contributed by atoms with E-state index in [4.69, 9.17) is 5.52 Å². The Morgan fingerprint density at radius 2 is 2.27 bits per heavy atom. The molecule has 0 saturated heterocycles. The van der Waals surface area contributed by atoms with Crippen molar-refractivity contribution in [1.82, 2.24) is 0 Å². The van der Waals surface area contributed by atoms with Crippen molar-refractivity contribution in [1.29, 1.82) is 1.34 Å². The van der Waals surface area contributed by atoms with Gasteiger partial charge in [-0.2, -0.15) is 0 Å². The molecule has 0 heterocycles. The first-order chi connectivity index (χ1) is 11.1. The minimum atomic E-state index is -0.0394. The van der Waals surface area contributed by atoms with Crippen LogP contribution in [-0.2, 0) is 11.2 Å². The van der Waals surface area contributed by atoms with Crippen molar-refractivity contribution in [2.75, 3.05) is 0 Å². The average molecular weight is 315 g/mol. The predicted octanol–water partition coefficient (Wildman–Crippen LogP) is 3.95. The molecule has 3 aliphatic rings. The fourth-order valence-electron chi connectivity index (χ4n) is 5.44. The number of fused-ring (bicyclic) bond motifs is 5. The number of benzene rings is 1. The summed E-state index contributed by atoms with van der Waals surface area (Å²) in [5.74, 6) is 3.24. The average Bonchev–Trinajstić information content (AvgIpc) is 2.88. The third-order valence-electron chi connectivity index (χ3n) is 6.55. The van der Waals surface area contributed by atoms with Crippen LogP contribution in [0.3, 0.4) is 0 Å². The van der Waals surface area contributed by atoms with Crippen molar-refractivity contribution in [3.8, 4) is 5.75 Å². The van der Waals surface area contributed by atoms with Crippen LogP contribution >= 0.6 is 11.9 Å². The number of rotatable bonds is 3. The van der Waals surface area contributed by atoms with Crippen molar-refractivity contribution in [2.24, 2.45) is 17.3 Å². The van der Waals surface area contributed by atoms with E-state index in [1.165, 1.54) is 24.6 Å². The monoisotopic (exact) mass is 315 g/mol. The summed E-state index contributed by atoms with van der Waals surface area (Å²) in [6, 6.07) is 6.41. The molecule has 1 aromatic carbocycles. The minimum absolute atomic E-state index is 0.0394. The largest absolute Gasteiger partial charge is 0.439 e. The second-order valence-corrected chi connectivity index (χ2v) is 7.73. The van der Waals surface area contributed by atoms with Gasteiger partial charge in [0.25, 0.3) is 0 Å². The molecule has 0 spiro atoms. The van der Waals surface area contributed by atoms with Gasteiger partial charge in [-0.15, -0.1) is 0 Å². The zero-order valence-electron chi connectivity index (χ0n) is 14.0. The van der Waals surface area contributed by atoms with Crippen molar-refractivity contribution in [3.05, 3.63) is 29.3 Å². The second-order valence-electron chi connectivity index (χ2n) is 7.37. The van der Waals surface area contributed by atoms with E-state index in [1.54, 1.807) is 0 Å². The number of hydrogen-bond donors (Lipinski definition) is 0. The van der Waals surface area contributed by atoms with E-state index in [1.807, 2.05) is 6.07 Å². The molecule has 0 amide bonds. The number of ketones is 1. The topological polar surface area (TPSA) is 26.3 Å². The smallest absolute Gasteiger partial charge is 0.227 e. The van der Waals surface area contributed by atoms with Gasteiger partial charge in [-0.3, -0.25) is 4.79 Å². The molecule has 0 aromatic heterocycles. The highest BCUT2D eigenvalue weighted by molar-refractivity contribution is 8.16. The summed E-state index contributed by atoms with van der Waals surface area (Å²) in [4.78, 5) is 12.4. The summed E-state index contributed by atoms with van der Waals surface area (Å²) in [7, 11) is 1.20. The summed E-state index contributed by atoms with van der Waals surface area (Å²) in [6.07, 6.45) is 6.38. The highest BCUT2D eigenvalue weighted by Crippen LogP contribution is 2.59. The van der Waals surface area contributed by atoms with Crippen LogP contribution in [0.1, 0.15) is 56.1 Å². The van der Waals surface area contributed by atoms with E-state index in [-0.39, 0.29) is 5.41 Å². The molecule has 1 aromatic rings. The number of carbonyl (C=O) groups excluding carboxylic acids is 1. The van der Waals surface area contributed by atoms with Gasteiger partial charge in [-0.1, -0.05) is 13.0 Å². The lowest BCUT2D eigenvalue weighted by Gasteiger charge is -2.48. The Hall–Kier alpha value is -0.895. The molecule has 0 N–H and O–H groups in total. The molecule has 2 saturated carbocycles. The number of hydrogen-bond acceptors (Lipinski definition) is 3. The maximum Gasteiger partial charge on any atom is 0.227 e. The molecule has 115 valence electrons. The van der Waals surface area contributed by atoms with Crippen molar-refractivity contribution in [3.63, 3.8) is 0 Å². The van der Waals surface area contributed by atoms with Crippen molar-refractivity contribution in [2.45, 2.75) is 51.4 Å². The first kappa shape index (κ1) is 13.5. The van der Waals surface area contributed by atoms with Gasteiger partial charge in [0.2, 0.25) is 7.09 Å². The van der Waals surface area contributed by atoms with E-state index in [0.717, 1.165) is 49.7 Å². The first-order valence-electron chi connectivity index (χ1n) is 8.91. The zero-order chi connectivity index (χ0) is 16.0. The maximum atomic E-state index is 12.4. The number of Topliss-reactive ketones (excluding diaryl/α,β-unsaturated/α-hetero) is 1. The molecule has 0 bridgehead atoms. The molecule has 0 aliphatic heterocycles. The van der Waals surface area contributed by atoms with Gasteiger partial charge >= 0.3 is 0 Å². The summed E-state index contributed by atoms with van der Waals surface area (Å²) in [5.41, 5.74) is 2.85. The van der Waals surface area contributed by atoms with Gasteiger partial charge in [0.1, 0.15) is 11.5 Å². The van der Waals surface area contributed by atoms with Crippen LogP contribution in [0.25, 0.3) is 0 Å². The lowest BCUT2D eigenvalue weighted by Crippen LogP contribution is -2.42. The van der Waals surface area contributed by atoms with Crippen LogP contribution in [0.2, 0.25) is 0 Å². The van der Waals surface area contributed by atoms with Gasteiger partial charge < -0.3 is 4.18 Å². The van der Waals surface area contributed by atoms with E-state index >= 15 is 0 Å². The van der Waals surface area contributed by atoms with Gasteiger partial charge in [0.15, 0.2) is 0 Å². The van der Waals surface area contributed by atoms with Gasteiger partial charge in [0.05, 0.1) is 0 Å². The van der Waals surface area contributed by atoms with Crippen molar-refractivity contribution < 1.29 is 8.98 Å². The predicted molar refractivity (Wildman–Crippen MR) is 91.4 cm³/mol. The van der Waals surface area contributed by atoms with E-state index in [0.29, 0.717) is 23.5 Å². The SMILES string of the molecule is [3H][B]SOc1ccc2c(c1)CCC1C2CCC2(C)C(=O)CCC12. The fraction of sp³-hybridized carbons (Fsp3) is 0.611. The molecule has 22 heavy (non-hydrogen) atoms. The Labute approximate surface area is 139 Å². The molecule has 4 rings (SSSR count). The Bertz CT molecular complexity index is 637. The van der Waals surface area contributed by atoms with Crippen LogP contribution in [-0.4, -0.2) is 14.2 Å². The van der Waals surface area contributed by atoms with Crippen LogP contribution in [0, 0.1) is 17.3 Å². The lowest BCUT2D eigenvalue weighted by atomic mass is 9.55. The molecule has 2 fully saturated rings. The van der Waals surface area contributed by atoms with Crippen LogP contribution < -0.4 is 4.18 Å². The number of carbonyl (C=O) groups is 1. The molecule has 4 unspecified atom stereocenters. The minimum Gasteiger partial charge on any atom is -0.439 e. The molecular formula is C18H22BO2S. The normalized spacial score (nSPS) is 36.9. The Kier molecular flexibility index (Phi) is 3.28. The molecule has 3 aliphatic carbocycles. The van der Waals surface area contributed by atoms with Crippen LogP contribution in [0.15, 0.2) is 18.2 Å². The van der Waals surface area contributed by atoms with Gasteiger partial charge in [0, 0.05) is 11.8 Å². The molecular weight excluding hydrogens is 291 g/mol. The quantitative estimate of drug-likeness (QED) is 0.624. The summed E-state index contributed by atoms with van der Waals surface area (Å²) in [5, 5.41) is 0. The van der Waals surface area contributed by atoms with E-state index in [2.05, 4.69) is 19.1 Å². The van der Waals surface area contributed by atoms with Crippen LogP contribution in [0.5, 0.6) is 5.75 Å². The summed E-state index contributed by atoms with van der Waals surface area (Å²) in [6.45, 7) is 2.23. The number of aryl methyl sites for hydroxylation is 1. The highest BCUT2D eigenvalue weighted by atomic mass is 32.2. The standard InChI is InChI=1S/C18H22BO2S/c1-18-9-8-14-13-5-3-12(21-22-19)10-11(13)2-4-15(14)16(18)6-7-17(18)20/h3,5,10,14-16,19H,2,4,6-9H2,1H3/i19T. The third kappa shape index (κ3) is 2.06. The zero-order valence-corrected chi connectivity index (χ0v) is 13.8. The second kappa shape index (κ2) is 5.33. The highest BCUT2D eigenvalue weighted by Gasteiger charge is 2.54. The van der Waals surface area contributed by atoms with Crippen molar-refractivity contribution >= 4 is 24.8 Å². The van der Waals surface area contributed by atoms with E-state index < -0.39 is 0 Å². The van der Waals surface area contributed by atoms with E-state index in [9.17, 15) is 4.79 Å².